The minimum atomic E-state index is -0.234. The Hall–Kier alpha value is -2.04. The summed E-state index contributed by atoms with van der Waals surface area (Å²) in [6.07, 6.45) is 2.35. The summed E-state index contributed by atoms with van der Waals surface area (Å²) in [7, 11) is 0. The summed E-state index contributed by atoms with van der Waals surface area (Å²) in [5.74, 6) is -0.234. The molecule has 4 nitrogen and oxygen atoms in total. The van der Waals surface area contributed by atoms with Crippen molar-refractivity contribution in [1.82, 2.24) is 9.38 Å². The highest BCUT2D eigenvalue weighted by Gasteiger charge is 2.19. The Balaban J connectivity index is 2.06. The molecule has 118 valence electrons. The van der Waals surface area contributed by atoms with E-state index in [-0.39, 0.29) is 5.91 Å². The number of fused-ring (bicyclic) bond motifs is 1. The van der Waals surface area contributed by atoms with E-state index in [1.165, 1.54) is 0 Å². The van der Waals surface area contributed by atoms with Gasteiger partial charge in [-0.25, -0.2) is 4.98 Å². The fourth-order valence-electron chi connectivity index (χ4n) is 2.46. The monoisotopic (exact) mass is 347 g/mol. The maximum Gasteiger partial charge on any atom is 0.274 e. The van der Waals surface area contributed by atoms with E-state index in [9.17, 15) is 4.79 Å². The largest absolute Gasteiger partial charge is 0.320 e. The number of aromatic nitrogens is 2. The third-order valence-electron chi connectivity index (χ3n) is 3.65. The molecule has 0 spiro atoms. The molecule has 3 aromatic rings. The molecule has 0 atom stereocenters. The SMILES string of the molecule is CCc1nc2ccc(Cl)cn2c1C(=O)Nc1cc(Cl)ccc1C. The second-order valence-corrected chi connectivity index (χ2v) is 6.12. The molecule has 0 aliphatic rings. The molecule has 0 fully saturated rings. The number of hydrogen-bond donors (Lipinski definition) is 1. The summed E-state index contributed by atoms with van der Waals surface area (Å²) in [4.78, 5) is 17.3. The summed E-state index contributed by atoms with van der Waals surface area (Å²) < 4.78 is 1.72. The van der Waals surface area contributed by atoms with Gasteiger partial charge in [-0.1, -0.05) is 36.2 Å². The van der Waals surface area contributed by atoms with Gasteiger partial charge in [0, 0.05) is 16.9 Å². The Morgan fingerprint density at radius 1 is 1.22 bits per heavy atom. The third-order valence-corrected chi connectivity index (χ3v) is 4.11. The van der Waals surface area contributed by atoms with Gasteiger partial charge in [0.25, 0.3) is 5.91 Å². The van der Waals surface area contributed by atoms with E-state index in [1.54, 1.807) is 34.9 Å². The molecule has 1 aromatic carbocycles. The Morgan fingerprint density at radius 2 is 1.96 bits per heavy atom. The molecule has 0 aliphatic heterocycles. The van der Waals surface area contributed by atoms with Crippen molar-refractivity contribution in [1.29, 1.82) is 0 Å². The molecule has 1 amide bonds. The molecule has 0 radical (unpaired) electrons. The topological polar surface area (TPSA) is 46.4 Å². The molecule has 3 rings (SSSR count). The lowest BCUT2D eigenvalue weighted by Gasteiger charge is -2.10. The molecule has 0 saturated heterocycles. The number of nitrogens with zero attached hydrogens (tertiary/aromatic N) is 2. The van der Waals surface area contributed by atoms with Crippen LogP contribution in [0.5, 0.6) is 0 Å². The molecule has 0 unspecified atom stereocenters. The fraction of sp³-hybridized carbons (Fsp3) is 0.176. The average molecular weight is 348 g/mol. The van der Waals surface area contributed by atoms with Crippen LogP contribution in [0.4, 0.5) is 5.69 Å². The van der Waals surface area contributed by atoms with Crippen LogP contribution in [-0.2, 0) is 6.42 Å². The van der Waals surface area contributed by atoms with Crippen molar-refractivity contribution in [3.05, 3.63) is 63.5 Å². The van der Waals surface area contributed by atoms with E-state index < -0.39 is 0 Å². The number of rotatable bonds is 3. The number of anilines is 1. The summed E-state index contributed by atoms with van der Waals surface area (Å²) >= 11 is 12.1. The van der Waals surface area contributed by atoms with Gasteiger partial charge in [-0.3, -0.25) is 9.20 Å². The van der Waals surface area contributed by atoms with E-state index in [2.05, 4.69) is 10.3 Å². The molecule has 2 heterocycles. The van der Waals surface area contributed by atoms with Gasteiger partial charge < -0.3 is 5.32 Å². The van der Waals surface area contributed by atoms with E-state index in [0.29, 0.717) is 33.5 Å². The minimum Gasteiger partial charge on any atom is -0.320 e. The lowest BCUT2D eigenvalue weighted by molar-refractivity contribution is 0.102. The predicted octanol–water partition coefficient (Wildman–Crippen LogP) is 4.76. The van der Waals surface area contributed by atoms with Gasteiger partial charge >= 0.3 is 0 Å². The Labute approximate surface area is 144 Å². The summed E-state index contributed by atoms with van der Waals surface area (Å²) in [5, 5.41) is 4.03. The average Bonchev–Trinajstić information content (AvgIpc) is 2.88. The number of nitrogens with one attached hydrogen (secondary N) is 1. The van der Waals surface area contributed by atoms with Crippen molar-refractivity contribution < 1.29 is 4.79 Å². The highest BCUT2D eigenvalue weighted by atomic mass is 35.5. The van der Waals surface area contributed by atoms with Gasteiger partial charge in [0.15, 0.2) is 0 Å². The highest BCUT2D eigenvalue weighted by Crippen LogP contribution is 2.23. The van der Waals surface area contributed by atoms with Crippen LogP contribution < -0.4 is 5.32 Å². The van der Waals surface area contributed by atoms with Crippen LogP contribution in [0.2, 0.25) is 10.0 Å². The van der Waals surface area contributed by atoms with Crippen molar-refractivity contribution in [2.75, 3.05) is 5.32 Å². The van der Waals surface area contributed by atoms with E-state index >= 15 is 0 Å². The lowest BCUT2D eigenvalue weighted by Crippen LogP contribution is -2.17. The Morgan fingerprint density at radius 3 is 2.70 bits per heavy atom. The van der Waals surface area contributed by atoms with Crippen LogP contribution >= 0.6 is 23.2 Å². The van der Waals surface area contributed by atoms with Crippen LogP contribution in [-0.4, -0.2) is 15.3 Å². The number of hydrogen-bond acceptors (Lipinski definition) is 2. The van der Waals surface area contributed by atoms with Crippen LogP contribution in [0.25, 0.3) is 5.65 Å². The van der Waals surface area contributed by atoms with Crippen LogP contribution in [0.15, 0.2) is 36.5 Å². The zero-order valence-corrected chi connectivity index (χ0v) is 14.2. The summed E-state index contributed by atoms with van der Waals surface area (Å²) in [6.45, 7) is 3.88. The highest BCUT2D eigenvalue weighted by molar-refractivity contribution is 6.31. The zero-order chi connectivity index (χ0) is 16.6. The van der Waals surface area contributed by atoms with Crippen LogP contribution in [0.3, 0.4) is 0 Å². The molecular weight excluding hydrogens is 333 g/mol. The van der Waals surface area contributed by atoms with Crippen molar-refractivity contribution in [3.8, 4) is 0 Å². The molecule has 0 bridgehead atoms. The van der Waals surface area contributed by atoms with Crippen molar-refractivity contribution >= 4 is 40.4 Å². The van der Waals surface area contributed by atoms with Gasteiger partial charge in [-0.15, -0.1) is 0 Å². The van der Waals surface area contributed by atoms with Crippen LogP contribution in [0.1, 0.15) is 28.7 Å². The van der Waals surface area contributed by atoms with E-state index in [1.807, 2.05) is 19.9 Å². The summed E-state index contributed by atoms with van der Waals surface area (Å²) in [5.41, 5.74) is 3.53. The summed E-state index contributed by atoms with van der Waals surface area (Å²) in [6, 6.07) is 8.94. The predicted molar refractivity (Wildman–Crippen MR) is 93.7 cm³/mol. The first-order chi connectivity index (χ1) is 11.0. The first-order valence-electron chi connectivity index (χ1n) is 7.23. The van der Waals surface area contributed by atoms with Gasteiger partial charge in [-0.2, -0.15) is 0 Å². The van der Waals surface area contributed by atoms with Crippen molar-refractivity contribution in [2.45, 2.75) is 20.3 Å². The number of amides is 1. The Kier molecular flexibility index (Phi) is 4.28. The first kappa shape index (κ1) is 15.8. The van der Waals surface area contributed by atoms with Gasteiger partial charge in [0.2, 0.25) is 0 Å². The number of carbonyl (C=O) groups is 1. The standard InChI is InChI=1S/C17H15Cl2N3O/c1-3-13-16(22-9-12(19)6-7-15(22)20-13)17(23)21-14-8-11(18)5-4-10(14)2/h4-9H,3H2,1-2H3,(H,21,23). The molecule has 2 aromatic heterocycles. The molecule has 0 saturated carbocycles. The normalized spacial score (nSPS) is 11.0. The van der Waals surface area contributed by atoms with E-state index in [4.69, 9.17) is 23.2 Å². The smallest absolute Gasteiger partial charge is 0.274 e. The second kappa shape index (κ2) is 6.22. The quantitative estimate of drug-likeness (QED) is 0.741. The second-order valence-electron chi connectivity index (χ2n) is 5.25. The van der Waals surface area contributed by atoms with E-state index in [0.717, 1.165) is 11.3 Å². The number of imidazole rings is 1. The first-order valence-corrected chi connectivity index (χ1v) is 7.99. The number of benzene rings is 1. The fourth-order valence-corrected chi connectivity index (χ4v) is 2.80. The molecule has 1 N–H and O–H groups in total. The van der Waals surface area contributed by atoms with Crippen molar-refractivity contribution in [2.24, 2.45) is 0 Å². The number of aryl methyl sites for hydroxylation is 2. The van der Waals surface area contributed by atoms with Gasteiger partial charge in [0.05, 0.1) is 10.7 Å². The maximum absolute atomic E-state index is 12.8. The lowest BCUT2D eigenvalue weighted by atomic mass is 10.2. The van der Waals surface area contributed by atoms with Crippen LogP contribution in [0, 0.1) is 6.92 Å². The molecular formula is C17H15Cl2N3O. The number of pyridine rings is 1. The van der Waals surface area contributed by atoms with Gasteiger partial charge in [0.1, 0.15) is 11.3 Å². The minimum absolute atomic E-state index is 0.234. The maximum atomic E-state index is 12.8. The number of halogens is 2. The van der Waals surface area contributed by atoms with Crippen molar-refractivity contribution in [3.63, 3.8) is 0 Å². The third kappa shape index (κ3) is 3.05. The molecule has 0 aliphatic carbocycles. The Bertz CT molecular complexity index is 902. The van der Waals surface area contributed by atoms with Gasteiger partial charge in [-0.05, 0) is 43.2 Å². The molecule has 6 heteroatoms. The molecule has 23 heavy (non-hydrogen) atoms. The zero-order valence-electron chi connectivity index (χ0n) is 12.7. The number of carbonyl (C=O) groups excluding carboxylic acids is 1.